The van der Waals surface area contributed by atoms with Crippen molar-refractivity contribution in [3.8, 4) is 22.8 Å². The molecule has 0 aliphatic rings. The summed E-state index contributed by atoms with van der Waals surface area (Å²) in [6.45, 7) is 5.86. The zero-order chi connectivity index (χ0) is 18.0. The van der Waals surface area contributed by atoms with E-state index in [1.807, 2.05) is 13.0 Å². The molecule has 0 atom stereocenters. The molecular formula is C20H17ClO4. The molecule has 128 valence electrons. The Kier molecular flexibility index (Phi) is 4.81. The first kappa shape index (κ1) is 17.1. The topological polar surface area (TPSA) is 48.7 Å². The van der Waals surface area contributed by atoms with Gasteiger partial charge in [0.25, 0.3) is 0 Å². The largest absolute Gasteiger partial charge is 0.493 e. The highest BCUT2D eigenvalue weighted by Crippen LogP contribution is 2.33. The van der Waals surface area contributed by atoms with Crippen LogP contribution in [0.1, 0.15) is 5.56 Å². The first-order valence-corrected chi connectivity index (χ1v) is 8.07. The number of ether oxygens (including phenoxy) is 2. The Hall–Kier alpha value is -2.72. The Morgan fingerprint density at radius 3 is 2.72 bits per heavy atom. The van der Waals surface area contributed by atoms with E-state index in [2.05, 4.69) is 6.58 Å². The van der Waals surface area contributed by atoms with Crippen LogP contribution in [0.4, 0.5) is 0 Å². The smallest absolute Gasteiger partial charge is 0.193 e. The first-order valence-electron chi connectivity index (χ1n) is 7.69. The van der Waals surface area contributed by atoms with Gasteiger partial charge in [0.15, 0.2) is 16.9 Å². The summed E-state index contributed by atoms with van der Waals surface area (Å²) < 4.78 is 16.8. The van der Waals surface area contributed by atoms with Crippen molar-refractivity contribution in [2.24, 2.45) is 0 Å². The number of benzene rings is 2. The lowest BCUT2D eigenvalue weighted by atomic mass is 10.1. The maximum Gasteiger partial charge on any atom is 0.193 e. The van der Waals surface area contributed by atoms with Crippen LogP contribution in [0.25, 0.3) is 22.3 Å². The van der Waals surface area contributed by atoms with Crippen LogP contribution in [0, 0.1) is 6.92 Å². The number of fused-ring (bicyclic) bond motifs is 1. The van der Waals surface area contributed by atoms with Crippen LogP contribution in [0.3, 0.4) is 0 Å². The summed E-state index contributed by atoms with van der Waals surface area (Å²) in [5, 5.41) is 0.996. The SMILES string of the molecule is C=CCOc1ccc(-c2cc(=O)c3cc(Cl)c(C)cc3o2)cc1OC. The van der Waals surface area contributed by atoms with E-state index in [-0.39, 0.29) is 5.43 Å². The highest BCUT2D eigenvalue weighted by Gasteiger charge is 2.12. The second-order valence-electron chi connectivity index (χ2n) is 5.54. The molecular weight excluding hydrogens is 340 g/mol. The molecule has 0 saturated carbocycles. The second-order valence-corrected chi connectivity index (χ2v) is 5.94. The highest BCUT2D eigenvalue weighted by molar-refractivity contribution is 6.32. The van der Waals surface area contributed by atoms with Gasteiger partial charge in [0.1, 0.15) is 18.0 Å². The van der Waals surface area contributed by atoms with E-state index >= 15 is 0 Å². The van der Waals surface area contributed by atoms with Gasteiger partial charge in [-0.15, -0.1) is 0 Å². The van der Waals surface area contributed by atoms with E-state index in [0.29, 0.717) is 39.9 Å². The normalized spacial score (nSPS) is 10.7. The molecule has 25 heavy (non-hydrogen) atoms. The minimum Gasteiger partial charge on any atom is -0.493 e. The number of aryl methyl sites for hydroxylation is 1. The minimum absolute atomic E-state index is 0.149. The van der Waals surface area contributed by atoms with Crippen LogP contribution in [0.5, 0.6) is 11.5 Å². The number of hydrogen-bond donors (Lipinski definition) is 0. The van der Waals surface area contributed by atoms with Crippen LogP contribution >= 0.6 is 11.6 Å². The lowest BCUT2D eigenvalue weighted by Crippen LogP contribution is -2.01. The quantitative estimate of drug-likeness (QED) is 0.604. The van der Waals surface area contributed by atoms with E-state index in [9.17, 15) is 4.79 Å². The number of halogens is 1. The van der Waals surface area contributed by atoms with Gasteiger partial charge in [-0.3, -0.25) is 4.79 Å². The van der Waals surface area contributed by atoms with Crippen LogP contribution in [-0.4, -0.2) is 13.7 Å². The summed E-state index contributed by atoms with van der Waals surface area (Å²) in [6, 6.07) is 10.2. The molecule has 0 spiro atoms. The third kappa shape index (κ3) is 3.39. The summed E-state index contributed by atoms with van der Waals surface area (Å²) in [5.41, 5.74) is 1.91. The van der Waals surface area contributed by atoms with E-state index in [1.54, 1.807) is 37.5 Å². The molecule has 4 nitrogen and oxygen atoms in total. The minimum atomic E-state index is -0.149. The number of rotatable bonds is 5. The Balaban J connectivity index is 2.11. The van der Waals surface area contributed by atoms with Gasteiger partial charge in [-0.2, -0.15) is 0 Å². The third-order valence-electron chi connectivity index (χ3n) is 3.81. The summed E-state index contributed by atoms with van der Waals surface area (Å²) >= 11 is 6.10. The van der Waals surface area contributed by atoms with Crippen molar-refractivity contribution >= 4 is 22.6 Å². The summed E-state index contributed by atoms with van der Waals surface area (Å²) in [5.74, 6) is 1.60. The van der Waals surface area contributed by atoms with Gasteiger partial charge in [-0.1, -0.05) is 24.3 Å². The van der Waals surface area contributed by atoms with E-state index in [4.69, 9.17) is 25.5 Å². The molecule has 3 rings (SSSR count). The lowest BCUT2D eigenvalue weighted by molar-refractivity contribution is 0.326. The summed E-state index contributed by atoms with van der Waals surface area (Å²) in [4.78, 5) is 12.4. The van der Waals surface area contributed by atoms with E-state index < -0.39 is 0 Å². The van der Waals surface area contributed by atoms with Crippen LogP contribution < -0.4 is 14.9 Å². The molecule has 1 aromatic heterocycles. The fourth-order valence-electron chi connectivity index (χ4n) is 2.51. The predicted octanol–water partition coefficient (Wildman–Crippen LogP) is 5.00. The van der Waals surface area contributed by atoms with Crippen molar-refractivity contribution in [2.75, 3.05) is 13.7 Å². The fourth-order valence-corrected chi connectivity index (χ4v) is 2.67. The van der Waals surface area contributed by atoms with Crippen molar-refractivity contribution < 1.29 is 13.9 Å². The van der Waals surface area contributed by atoms with Gasteiger partial charge in [-0.25, -0.2) is 0 Å². The monoisotopic (exact) mass is 356 g/mol. The van der Waals surface area contributed by atoms with Gasteiger partial charge in [0, 0.05) is 16.7 Å². The van der Waals surface area contributed by atoms with Gasteiger partial charge < -0.3 is 13.9 Å². The number of methoxy groups -OCH3 is 1. The van der Waals surface area contributed by atoms with Crippen molar-refractivity contribution in [1.29, 1.82) is 0 Å². The van der Waals surface area contributed by atoms with Crippen molar-refractivity contribution in [2.45, 2.75) is 6.92 Å². The standard InChI is InChI=1S/C20H17ClO4/c1-4-7-24-17-6-5-13(9-20(17)23-3)18-11-16(22)14-10-15(21)12(2)8-19(14)25-18/h4-6,8-11H,1,7H2,2-3H3. The predicted molar refractivity (Wildman–Crippen MR) is 99.9 cm³/mol. The van der Waals surface area contributed by atoms with Gasteiger partial charge in [0.05, 0.1) is 12.5 Å². The van der Waals surface area contributed by atoms with Crippen molar-refractivity contribution in [3.63, 3.8) is 0 Å². The fraction of sp³-hybridized carbons (Fsp3) is 0.150. The number of hydrogen-bond acceptors (Lipinski definition) is 4. The second kappa shape index (κ2) is 7.03. The van der Waals surface area contributed by atoms with Gasteiger partial charge in [-0.05, 0) is 42.8 Å². The molecule has 0 saturated heterocycles. The highest BCUT2D eigenvalue weighted by atomic mass is 35.5. The molecule has 1 heterocycles. The molecule has 0 fully saturated rings. The molecule has 0 aliphatic heterocycles. The van der Waals surface area contributed by atoms with Crippen molar-refractivity contribution in [3.05, 3.63) is 69.9 Å². The molecule has 0 amide bonds. The maximum atomic E-state index is 12.4. The van der Waals surface area contributed by atoms with Crippen LogP contribution in [0.2, 0.25) is 5.02 Å². The molecule has 0 radical (unpaired) electrons. The molecule has 0 aliphatic carbocycles. The first-order chi connectivity index (χ1) is 12.0. The van der Waals surface area contributed by atoms with Crippen LogP contribution in [-0.2, 0) is 0 Å². The van der Waals surface area contributed by atoms with Crippen molar-refractivity contribution in [1.82, 2.24) is 0 Å². The van der Waals surface area contributed by atoms with Gasteiger partial charge in [0.2, 0.25) is 0 Å². The van der Waals surface area contributed by atoms with E-state index in [1.165, 1.54) is 6.07 Å². The third-order valence-corrected chi connectivity index (χ3v) is 4.22. The average Bonchev–Trinajstić information content (AvgIpc) is 2.61. The molecule has 5 heteroatoms. The molecule has 0 N–H and O–H groups in total. The Bertz CT molecular complexity index is 1000. The lowest BCUT2D eigenvalue weighted by Gasteiger charge is -2.11. The maximum absolute atomic E-state index is 12.4. The molecule has 0 bridgehead atoms. The van der Waals surface area contributed by atoms with Gasteiger partial charge >= 0.3 is 0 Å². The molecule has 3 aromatic rings. The Morgan fingerprint density at radius 1 is 1.20 bits per heavy atom. The Morgan fingerprint density at radius 2 is 2.00 bits per heavy atom. The van der Waals surface area contributed by atoms with E-state index in [0.717, 1.165) is 11.1 Å². The summed E-state index contributed by atoms with van der Waals surface area (Å²) in [6.07, 6.45) is 1.66. The van der Waals surface area contributed by atoms with Crippen LogP contribution in [0.15, 0.2) is 58.3 Å². The molecule has 2 aromatic carbocycles. The Labute approximate surface area is 150 Å². The molecule has 0 unspecified atom stereocenters. The zero-order valence-electron chi connectivity index (χ0n) is 14.0. The average molecular weight is 357 g/mol. The zero-order valence-corrected chi connectivity index (χ0v) is 14.7. The summed E-state index contributed by atoms with van der Waals surface area (Å²) in [7, 11) is 1.56.